The standard InChI is InChI=1S/C19H24Cl2N4O/c1-13-9-14(2)25(23-13)11-15-5-7-24(8-6-15)12-19(26)22-16-3-4-17(20)18(21)10-16/h3-4,9-10,15H,5-8,11-12H2,1-2H3,(H,22,26). The van der Waals surface area contributed by atoms with Crippen molar-refractivity contribution in [2.45, 2.75) is 33.2 Å². The fourth-order valence-corrected chi connectivity index (χ4v) is 3.71. The Bertz CT molecular complexity index is 782. The van der Waals surface area contributed by atoms with Crippen LogP contribution < -0.4 is 5.32 Å². The van der Waals surface area contributed by atoms with Crippen molar-refractivity contribution >= 4 is 34.8 Å². The fourth-order valence-electron chi connectivity index (χ4n) is 3.41. The topological polar surface area (TPSA) is 50.2 Å². The number of rotatable bonds is 5. The van der Waals surface area contributed by atoms with Crippen molar-refractivity contribution in [3.8, 4) is 0 Å². The number of amides is 1. The molecule has 1 N–H and O–H groups in total. The van der Waals surface area contributed by atoms with E-state index in [0.717, 1.165) is 38.2 Å². The van der Waals surface area contributed by atoms with Crippen LogP contribution in [0.5, 0.6) is 0 Å². The zero-order chi connectivity index (χ0) is 18.7. The molecule has 1 fully saturated rings. The van der Waals surface area contributed by atoms with E-state index in [1.807, 2.05) is 6.92 Å². The summed E-state index contributed by atoms with van der Waals surface area (Å²) in [6, 6.07) is 7.22. The second kappa shape index (κ2) is 8.42. The highest BCUT2D eigenvalue weighted by Crippen LogP contribution is 2.25. The third-order valence-corrected chi connectivity index (χ3v) is 5.55. The first-order valence-electron chi connectivity index (χ1n) is 8.89. The molecular weight excluding hydrogens is 371 g/mol. The number of benzene rings is 1. The lowest BCUT2D eigenvalue weighted by Crippen LogP contribution is -2.40. The minimum Gasteiger partial charge on any atom is -0.325 e. The summed E-state index contributed by atoms with van der Waals surface area (Å²) in [6.07, 6.45) is 2.16. The summed E-state index contributed by atoms with van der Waals surface area (Å²) in [5.41, 5.74) is 2.95. The first-order chi connectivity index (χ1) is 12.4. The van der Waals surface area contributed by atoms with Crippen molar-refractivity contribution in [2.75, 3.05) is 25.0 Å². The quantitative estimate of drug-likeness (QED) is 0.827. The number of nitrogens with zero attached hydrogens (tertiary/aromatic N) is 3. The van der Waals surface area contributed by atoms with Crippen LogP contribution in [-0.4, -0.2) is 40.2 Å². The highest BCUT2D eigenvalue weighted by atomic mass is 35.5. The van der Waals surface area contributed by atoms with E-state index < -0.39 is 0 Å². The number of hydrogen-bond donors (Lipinski definition) is 1. The van der Waals surface area contributed by atoms with Gasteiger partial charge in [0.25, 0.3) is 0 Å². The van der Waals surface area contributed by atoms with E-state index in [0.29, 0.717) is 28.2 Å². The minimum absolute atomic E-state index is 0.0274. The molecular formula is C19H24Cl2N4O. The van der Waals surface area contributed by atoms with Gasteiger partial charge < -0.3 is 5.32 Å². The first-order valence-corrected chi connectivity index (χ1v) is 9.64. The van der Waals surface area contributed by atoms with Crippen LogP contribution >= 0.6 is 23.2 Å². The average Bonchev–Trinajstić information content (AvgIpc) is 2.90. The van der Waals surface area contributed by atoms with Crippen LogP contribution in [0, 0.1) is 19.8 Å². The van der Waals surface area contributed by atoms with Crippen molar-refractivity contribution < 1.29 is 4.79 Å². The summed E-state index contributed by atoms with van der Waals surface area (Å²) < 4.78 is 2.10. The molecule has 0 bridgehead atoms. The predicted molar refractivity (Wildman–Crippen MR) is 106 cm³/mol. The van der Waals surface area contributed by atoms with E-state index in [-0.39, 0.29) is 5.91 Å². The Balaban J connectivity index is 1.45. The number of likely N-dealkylation sites (tertiary alicyclic amines) is 1. The SMILES string of the molecule is Cc1cc(C)n(CC2CCN(CC(=O)Nc3ccc(Cl)c(Cl)c3)CC2)n1. The predicted octanol–water partition coefficient (Wildman–Crippen LogP) is 4.16. The smallest absolute Gasteiger partial charge is 0.238 e. The lowest BCUT2D eigenvalue weighted by molar-refractivity contribution is -0.117. The number of carbonyl (C=O) groups excluding carboxylic acids is 1. The van der Waals surface area contributed by atoms with Crippen LogP contribution in [0.15, 0.2) is 24.3 Å². The third kappa shape index (κ3) is 5.00. The lowest BCUT2D eigenvalue weighted by Gasteiger charge is -2.31. The molecule has 0 unspecified atom stereocenters. The number of aryl methyl sites for hydroxylation is 2. The summed E-state index contributed by atoms with van der Waals surface area (Å²) in [4.78, 5) is 14.5. The fraction of sp³-hybridized carbons (Fsp3) is 0.474. The van der Waals surface area contributed by atoms with Gasteiger partial charge in [-0.2, -0.15) is 5.10 Å². The van der Waals surface area contributed by atoms with E-state index in [2.05, 4.69) is 33.0 Å². The van der Waals surface area contributed by atoms with Gasteiger partial charge in [0.1, 0.15) is 0 Å². The van der Waals surface area contributed by atoms with E-state index in [9.17, 15) is 4.79 Å². The van der Waals surface area contributed by atoms with Gasteiger partial charge in [-0.15, -0.1) is 0 Å². The summed E-state index contributed by atoms with van der Waals surface area (Å²) >= 11 is 11.9. The molecule has 2 heterocycles. The van der Waals surface area contributed by atoms with E-state index in [1.54, 1.807) is 18.2 Å². The second-order valence-corrected chi connectivity index (χ2v) is 7.82. The molecule has 1 aliphatic rings. The van der Waals surface area contributed by atoms with Crippen molar-refractivity contribution in [3.05, 3.63) is 45.7 Å². The number of nitrogens with one attached hydrogen (secondary N) is 1. The minimum atomic E-state index is -0.0274. The molecule has 5 nitrogen and oxygen atoms in total. The van der Waals surface area contributed by atoms with Crippen LogP contribution in [0.2, 0.25) is 10.0 Å². The van der Waals surface area contributed by atoms with Crippen molar-refractivity contribution in [1.82, 2.24) is 14.7 Å². The number of piperidine rings is 1. The van der Waals surface area contributed by atoms with E-state index >= 15 is 0 Å². The Morgan fingerprint density at radius 3 is 2.54 bits per heavy atom. The maximum absolute atomic E-state index is 12.3. The molecule has 7 heteroatoms. The third-order valence-electron chi connectivity index (χ3n) is 4.81. The first kappa shape index (κ1) is 19.2. The van der Waals surface area contributed by atoms with Crippen LogP contribution in [0.4, 0.5) is 5.69 Å². The van der Waals surface area contributed by atoms with Crippen molar-refractivity contribution in [1.29, 1.82) is 0 Å². The number of halogens is 2. The Kier molecular flexibility index (Phi) is 6.22. The van der Waals surface area contributed by atoms with E-state index in [1.165, 1.54) is 5.69 Å². The molecule has 0 atom stereocenters. The molecule has 1 aromatic carbocycles. The van der Waals surface area contributed by atoms with Gasteiger partial charge in [-0.25, -0.2) is 0 Å². The zero-order valence-electron chi connectivity index (χ0n) is 15.1. The zero-order valence-corrected chi connectivity index (χ0v) is 16.6. The summed E-state index contributed by atoms with van der Waals surface area (Å²) in [6.45, 7) is 7.34. The maximum atomic E-state index is 12.3. The molecule has 1 saturated heterocycles. The number of carbonyl (C=O) groups is 1. The molecule has 1 amide bonds. The van der Waals surface area contributed by atoms with Crippen molar-refractivity contribution in [3.63, 3.8) is 0 Å². The van der Waals surface area contributed by atoms with Crippen LogP contribution in [0.1, 0.15) is 24.2 Å². The van der Waals surface area contributed by atoms with Crippen molar-refractivity contribution in [2.24, 2.45) is 5.92 Å². The lowest BCUT2D eigenvalue weighted by atomic mass is 9.97. The van der Waals surface area contributed by atoms with Gasteiger partial charge in [-0.1, -0.05) is 23.2 Å². The Morgan fingerprint density at radius 1 is 1.19 bits per heavy atom. The van der Waals surface area contributed by atoms with Crippen LogP contribution in [0.25, 0.3) is 0 Å². The van der Waals surface area contributed by atoms with Gasteiger partial charge in [0.05, 0.1) is 22.3 Å². The number of aromatic nitrogens is 2. The van der Waals surface area contributed by atoms with Gasteiger partial charge in [-0.3, -0.25) is 14.4 Å². The van der Waals surface area contributed by atoms with Gasteiger partial charge in [0.15, 0.2) is 0 Å². The monoisotopic (exact) mass is 394 g/mol. The molecule has 26 heavy (non-hydrogen) atoms. The Labute approximate surface area is 164 Å². The molecule has 2 aromatic rings. The molecule has 0 spiro atoms. The Hall–Kier alpha value is -1.56. The second-order valence-electron chi connectivity index (χ2n) is 7.01. The number of anilines is 1. The molecule has 0 saturated carbocycles. The van der Waals surface area contributed by atoms with Gasteiger partial charge in [0.2, 0.25) is 5.91 Å². The normalized spacial score (nSPS) is 16.0. The molecule has 140 valence electrons. The molecule has 3 rings (SSSR count). The molecule has 0 radical (unpaired) electrons. The molecule has 1 aliphatic heterocycles. The van der Waals surface area contributed by atoms with Crippen LogP contribution in [-0.2, 0) is 11.3 Å². The molecule has 1 aromatic heterocycles. The van der Waals surface area contributed by atoms with Gasteiger partial charge in [0, 0.05) is 17.9 Å². The summed E-state index contributed by atoms with van der Waals surface area (Å²) in [7, 11) is 0. The van der Waals surface area contributed by atoms with Gasteiger partial charge >= 0.3 is 0 Å². The number of hydrogen-bond acceptors (Lipinski definition) is 3. The van der Waals surface area contributed by atoms with Gasteiger partial charge in [-0.05, 0) is 70.0 Å². The van der Waals surface area contributed by atoms with E-state index in [4.69, 9.17) is 23.2 Å². The average molecular weight is 395 g/mol. The highest BCUT2D eigenvalue weighted by Gasteiger charge is 2.22. The Morgan fingerprint density at radius 2 is 1.92 bits per heavy atom. The van der Waals surface area contributed by atoms with Crippen LogP contribution in [0.3, 0.4) is 0 Å². The summed E-state index contributed by atoms with van der Waals surface area (Å²) in [5.74, 6) is 0.586. The molecule has 0 aliphatic carbocycles. The maximum Gasteiger partial charge on any atom is 0.238 e. The highest BCUT2D eigenvalue weighted by molar-refractivity contribution is 6.42. The largest absolute Gasteiger partial charge is 0.325 e. The summed E-state index contributed by atoms with van der Waals surface area (Å²) in [5, 5.41) is 8.35.